The van der Waals surface area contributed by atoms with Crippen LogP contribution in [0.2, 0.25) is 0 Å². The zero-order chi connectivity index (χ0) is 8.55. The molecule has 12 heavy (non-hydrogen) atoms. The Morgan fingerprint density at radius 1 is 1.58 bits per heavy atom. The molecular weight excluding hydrogens is 148 g/mol. The van der Waals surface area contributed by atoms with Crippen LogP contribution in [0.4, 0.5) is 0 Å². The molecule has 0 aliphatic carbocycles. The second-order valence-corrected chi connectivity index (χ2v) is 2.99. The fourth-order valence-corrected chi connectivity index (χ4v) is 1.38. The number of nitrogens with two attached hydrogens (primary N) is 1. The average molecular weight is 159 g/mol. The quantitative estimate of drug-likeness (QED) is 0.656. The zero-order valence-corrected chi connectivity index (χ0v) is 6.96. The van der Waals surface area contributed by atoms with Crippen molar-refractivity contribution in [2.24, 2.45) is 5.73 Å². The normalized spacial score (nSPS) is 13.5. The van der Waals surface area contributed by atoms with Gasteiger partial charge in [0, 0.05) is 23.1 Å². The van der Waals surface area contributed by atoms with Gasteiger partial charge in [-0.1, -0.05) is 12.1 Å². The van der Waals surface area contributed by atoms with Gasteiger partial charge in [-0.3, -0.25) is 0 Å². The number of benzene rings is 1. The summed E-state index contributed by atoms with van der Waals surface area (Å²) in [6.07, 6.45) is 1.95. The van der Waals surface area contributed by atoms with Gasteiger partial charge in [-0.25, -0.2) is 0 Å². The van der Waals surface area contributed by atoms with Crippen LogP contribution in [0, 0.1) is 6.07 Å². The number of fused-ring (bicyclic) bond motifs is 1. The molecule has 0 spiro atoms. The topological polar surface area (TPSA) is 41.8 Å². The fourth-order valence-electron chi connectivity index (χ4n) is 1.38. The molecule has 2 nitrogen and oxygen atoms in total. The molecule has 1 aromatic heterocycles. The van der Waals surface area contributed by atoms with Gasteiger partial charge in [0.1, 0.15) is 0 Å². The minimum absolute atomic E-state index is 0.0670. The first kappa shape index (κ1) is 7.37. The SMILES string of the molecule is CC(N)c1c[nH]c2ccc[c]c12. The number of aromatic nitrogens is 1. The lowest BCUT2D eigenvalue weighted by Gasteiger charge is -2.00. The van der Waals surface area contributed by atoms with E-state index in [4.69, 9.17) is 5.73 Å². The van der Waals surface area contributed by atoms with E-state index in [-0.39, 0.29) is 6.04 Å². The van der Waals surface area contributed by atoms with E-state index in [0.717, 1.165) is 16.5 Å². The smallest absolute Gasteiger partial charge is 0.0463 e. The summed E-state index contributed by atoms with van der Waals surface area (Å²) in [7, 11) is 0. The number of H-pyrrole nitrogens is 1. The predicted molar refractivity (Wildman–Crippen MR) is 49.7 cm³/mol. The van der Waals surface area contributed by atoms with Gasteiger partial charge in [-0.2, -0.15) is 0 Å². The van der Waals surface area contributed by atoms with E-state index in [1.807, 2.05) is 31.3 Å². The molecule has 2 rings (SSSR count). The van der Waals surface area contributed by atoms with Gasteiger partial charge in [-0.05, 0) is 24.6 Å². The van der Waals surface area contributed by atoms with Crippen LogP contribution in [0.1, 0.15) is 18.5 Å². The molecule has 3 N–H and O–H groups in total. The van der Waals surface area contributed by atoms with Crippen molar-refractivity contribution >= 4 is 10.9 Å². The van der Waals surface area contributed by atoms with Crippen molar-refractivity contribution in [1.29, 1.82) is 0 Å². The van der Waals surface area contributed by atoms with E-state index in [1.54, 1.807) is 0 Å². The first-order valence-corrected chi connectivity index (χ1v) is 4.02. The van der Waals surface area contributed by atoms with Crippen LogP contribution in [0.3, 0.4) is 0 Å². The minimum atomic E-state index is 0.0670. The van der Waals surface area contributed by atoms with Crippen LogP contribution >= 0.6 is 0 Å². The molecule has 0 saturated heterocycles. The van der Waals surface area contributed by atoms with Crippen LogP contribution in [0.15, 0.2) is 24.4 Å². The van der Waals surface area contributed by atoms with E-state index >= 15 is 0 Å². The first-order valence-electron chi connectivity index (χ1n) is 4.02. The minimum Gasteiger partial charge on any atom is -0.361 e. The fraction of sp³-hybridized carbons (Fsp3) is 0.200. The highest BCUT2D eigenvalue weighted by molar-refractivity contribution is 5.82. The Labute approximate surface area is 71.4 Å². The Balaban J connectivity index is 2.70. The van der Waals surface area contributed by atoms with Gasteiger partial charge in [0.2, 0.25) is 0 Å². The van der Waals surface area contributed by atoms with Gasteiger partial charge in [0.05, 0.1) is 0 Å². The average Bonchev–Trinajstić information content (AvgIpc) is 2.47. The molecule has 0 bridgehead atoms. The van der Waals surface area contributed by atoms with Crippen molar-refractivity contribution in [2.75, 3.05) is 0 Å². The Morgan fingerprint density at radius 2 is 2.42 bits per heavy atom. The monoisotopic (exact) mass is 159 g/mol. The first-order chi connectivity index (χ1) is 5.79. The van der Waals surface area contributed by atoms with Crippen LogP contribution in [-0.4, -0.2) is 4.98 Å². The summed E-state index contributed by atoms with van der Waals surface area (Å²) in [5.41, 5.74) is 8.02. The molecule has 1 radical (unpaired) electrons. The maximum Gasteiger partial charge on any atom is 0.0463 e. The number of rotatable bonds is 1. The van der Waals surface area contributed by atoms with Crippen LogP contribution in [0.25, 0.3) is 10.9 Å². The highest BCUT2D eigenvalue weighted by atomic mass is 14.7. The third-order valence-corrected chi connectivity index (χ3v) is 2.02. The third-order valence-electron chi connectivity index (χ3n) is 2.02. The van der Waals surface area contributed by atoms with Crippen LogP contribution in [-0.2, 0) is 0 Å². The lowest BCUT2D eigenvalue weighted by molar-refractivity contribution is 0.826. The zero-order valence-electron chi connectivity index (χ0n) is 6.96. The van der Waals surface area contributed by atoms with E-state index in [9.17, 15) is 0 Å². The Bertz CT molecular complexity index is 387. The number of aromatic amines is 1. The molecule has 0 fully saturated rings. The summed E-state index contributed by atoms with van der Waals surface area (Å²) in [5.74, 6) is 0. The molecule has 1 aromatic carbocycles. The van der Waals surface area contributed by atoms with Crippen molar-refractivity contribution in [3.05, 3.63) is 36.0 Å². The van der Waals surface area contributed by atoms with Crippen molar-refractivity contribution in [1.82, 2.24) is 4.98 Å². The molecule has 2 heteroatoms. The van der Waals surface area contributed by atoms with Gasteiger partial charge in [0.25, 0.3) is 0 Å². The Hall–Kier alpha value is -1.28. The van der Waals surface area contributed by atoms with Crippen molar-refractivity contribution < 1.29 is 0 Å². The predicted octanol–water partition coefficient (Wildman–Crippen LogP) is 1.99. The molecule has 1 atom stereocenters. The molecule has 0 aliphatic rings. The van der Waals surface area contributed by atoms with Crippen molar-refractivity contribution in [2.45, 2.75) is 13.0 Å². The van der Waals surface area contributed by atoms with Gasteiger partial charge >= 0.3 is 0 Å². The lowest BCUT2D eigenvalue weighted by atomic mass is 10.1. The van der Waals surface area contributed by atoms with E-state index in [0.29, 0.717) is 0 Å². The maximum atomic E-state index is 5.78. The molecule has 1 unspecified atom stereocenters. The standard InChI is InChI=1S/C10H11N2/c1-7(11)9-6-12-10-5-3-2-4-8(9)10/h2-3,5-7,12H,11H2,1H3. The lowest BCUT2D eigenvalue weighted by Crippen LogP contribution is -2.03. The molecule has 0 aliphatic heterocycles. The number of nitrogens with one attached hydrogen (secondary N) is 1. The van der Waals surface area contributed by atoms with E-state index in [2.05, 4.69) is 11.1 Å². The molecule has 2 aromatic rings. The summed E-state index contributed by atoms with van der Waals surface area (Å²) in [6, 6.07) is 9.13. The summed E-state index contributed by atoms with van der Waals surface area (Å²) < 4.78 is 0. The molecule has 0 saturated carbocycles. The van der Waals surface area contributed by atoms with Gasteiger partial charge in [-0.15, -0.1) is 0 Å². The van der Waals surface area contributed by atoms with Gasteiger partial charge < -0.3 is 10.7 Å². The second-order valence-electron chi connectivity index (χ2n) is 2.99. The van der Waals surface area contributed by atoms with Gasteiger partial charge in [0.15, 0.2) is 0 Å². The van der Waals surface area contributed by atoms with E-state index < -0.39 is 0 Å². The Morgan fingerprint density at radius 3 is 3.17 bits per heavy atom. The number of hydrogen-bond donors (Lipinski definition) is 2. The van der Waals surface area contributed by atoms with Crippen molar-refractivity contribution in [3.8, 4) is 0 Å². The summed E-state index contributed by atoms with van der Waals surface area (Å²) >= 11 is 0. The summed E-state index contributed by atoms with van der Waals surface area (Å²) in [4.78, 5) is 3.16. The second kappa shape index (κ2) is 2.64. The van der Waals surface area contributed by atoms with Crippen LogP contribution in [0.5, 0.6) is 0 Å². The van der Waals surface area contributed by atoms with Crippen LogP contribution < -0.4 is 5.73 Å². The van der Waals surface area contributed by atoms with Crippen molar-refractivity contribution in [3.63, 3.8) is 0 Å². The highest BCUT2D eigenvalue weighted by Gasteiger charge is 2.05. The largest absolute Gasteiger partial charge is 0.361 e. The van der Waals surface area contributed by atoms with E-state index in [1.165, 1.54) is 0 Å². The maximum absolute atomic E-state index is 5.78. The molecular formula is C10H11N2. The molecule has 1 heterocycles. The number of hydrogen-bond acceptors (Lipinski definition) is 1. The highest BCUT2D eigenvalue weighted by Crippen LogP contribution is 2.21. The third kappa shape index (κ3) is 1.01. The summed E-state index contributed by atoms with van der Waals surface area (Å²) in [6.45, 7) is 1.98. The molecule has 0 amide bonds. The Kier molecular flexibility index (Phi) is 1.62. The molecule has 61 valence electrons. The summed E-state index contributed by atoms with van der Waals surface area (Å²) in [5, 5.41) is 1.10.